The lowest BCUT2D eigenvalue weighted by Gasteiger charge is -2.39. The van der Waals surface area contributed by atoms with Crippen LogP contribution in [-0.2, 0) is 11.3 Å². The summed E-state index contributed by atoms with van der Waals surface area (Å²) in [5, 5.41) is 11.5. The molecule has 2 saturated carbocycles. The van der Waals surface area contributed by atoms with Crippen LogP contribution in [0.5, 0.6) is 0 Å². The fourth-order valence-electron chi connectivity index (χ4n) is 9.29. The van der Waals surface area contributed by atoms with Gasteiger partial charge in [-0.1, -0.05) is 19.3 Å². The van der Waals surface area contributed by atoms with Crippen LogP contribution in [0.2, 0.25) is 0 Å². The molecule has 288 valence electrons. The summed E-state index contributed by atoms with van der Waals surface area (Å²) in [6.07, 6.45) is 15.2. The molecule has 4 aromatic rings. The minimum absolute atomic E-state index is 0.103. The van der Waals surface area contributed by atoms with Crippen molar-refractivity contribution in [2.45, 2.75) is 98.1 Å². The lowest BCUT2D eigenvalue weighted by molar-refractivity contribution is -0.121. The molecule has 3 N–H and O–H groups in total. The Kier molecular flexibility index (Phi) is 11.8. The number of carbonyl (C=O) groups excluding carboxylic acids is 2. The molecule has 2 bridgehead atoms. The summed E-state index contributed by atoms with van der Waals surface area (Å²) in [7, 11) is 0. The number of aromatic amines is 1. The lowest BCUT2D eigenvalue weighted by atomic mass is 9.67. The monoisotopic (exact) mass is 734 g/mol. The molecule has 3 aromatic heterocycles. The Morgan fingerprint density at radius 2 is 1.72 bits per heavy atom. The first-order valence-corrected chi connectivity index (χ1v) is 20.3. The second kappa shape index (κ2) is 16.9. The Bertz CT molecular complexity index is 1980. The number of amides is 2. The van der Waals surface area contributed by atoms with Gasteiger partial charge >= 0.3 is 0 Å². The van der Waals surface area contributed by atoms with Crippen LogP contribution in [0.15, 0.2) is 47.5 Å². The van der Waals surface area contributed by atoms with Gasteiger partial charge in [-0.2, -0.15) is 5.10 Å². The van der Waals surface area contributed by atoms with Gasteiger partial charge in [-0.05, 0) is 119 Å². The number of rotatable bonds is 13. The van der Waals surface area contributed by atoms with Crippen molar-refractivity contribution in [3.63, 3.8) is 0 Å². The number of fused-ring (bicyclic) bond motifs is 3. The average molecular weight is 735 g/mol. The maximum atomic E-state index is 13.7. The van der Waals surface area contributed by atoms with E-state index >= 15 is 0 Å². The Hall–Kier alpha value is -4.51. The van der Waals surface area contributed by atoms with Crippen molar-refractivity contribution in [2.75, 3.05) is 44.2 Å². The second-order valence-corrected chi connectivity index (χ2v) is 16.5. The second-order valence-electron chi connectivity index (χ2n) is 16.5. The van der Waals surface area contributed by atoms with Crippen LogP contribution in [0.1, 0.15) is 105 Å². The van der Waals surface area contributed by atoms with Crippen LogP contribution in [0.3, 0.4) is 0 Å². The molecule has 3 fully saturated rings. The number of carbonyl (C=O) groups is 2. The SMILES string of the molecule is Cc1cc(C)c(CNC(=O)c2cc(-c3ccc(N4CCN(CCC(=O)NCCCC5CC6CCCC(C5)C6)CC4)nc3)cc3c2cnn3C(C)C)c(=O)[nH]1. The molecule has 2 atom stereocenters. The van der Waals surface area contributed by atoms with Gasteiger partial charge in [0.15, 0.2) is 0 Å². The Morgan fingerprint density at radius 3 is 2.43 bits per heavy atom. The normalized spacial score (nSPS) is 20.4. The molecule has 3 aliphatic rings. The van der Waals surface area contributed by atoms with E-state index in [1.807, 2.05) is 42.9 Å². The number of anilines is 1. The van der Waals surface area contributed by atoms with Crippen LogP contribution in [0, 0.1) is 31.6 Å². The van der Waals surface area contributed by atoms with E-state index in [-0.39, 0.29) is 30.0 Å². The summed E-state index contributed by atoms with van der Waals surface area (Å²) in [6.45, 7) is 13.1. The number of aryl methyl sites for hydroxylation is 2. The molecule has 1 aliphatic heterocycles. The van der Waals surface area contributed by atoms with Crippen LogP contribution >= 0.6 is 0 Å². The number of H-pyrrole nitrogens is 1. The number of hydrogen-bond donors (Lipinski definition) is 3. The Balaban J connectivity index is 0.916. The molecule has 54 heavy (non-hydrogen) atoms. The zero-order valence-electron chi connectivity index (χ0n) is 32.6. The standard InChI is InChI=1S/C43H58N8O3/c1-28(2)51-39-24-35(23-36(38(39)27-47-51)42(53)46-26-37-29(3)19-30(4)48-43(37)54)34-10-11-40(45-25-34)50-17-15-49(16-18-50)14-12-41(52)44-13-6-9-33-21-31-7-5-8-32(20-31)22-33/h10-11,19,23-25,27-28,31-33H,5-9,12-18,20-22,26H2,1-4H3,(H,44,52)(H,46,53)(H,48,54). The maximum Gasteiger partial charge on any atom is 0.253 e. The lowest BCUT2D eigenvalue weighted by Crippen LogP contribution is -2.47. The summed E-state index contributed by atoms with van der Waals surface area (Å²) in [5.41, 5.74) is 5.14. The van der Waals surface area contributed by atoms with Gasteiger partial charge in [-0.3, -0.25) is 24.0 Å². The quantitative estimate of drug-likeness (QED) is 0.133. The zero-order valence-corrected chi connectivity index (χ0v) is 32.6. The van der Waals surface area contributed by atoms with E-state index in [0.717, 1.165) is 103 Å². The van der Waals surface area contributed by atoms with Crippen molar-refractivity contribution in [2.24, 2.45) is 17.8 Å². The molecule has 1 aromatic carbocycles. The van der Waals surface area contributed by atoms with Gasteiger partial charge in [0, 0.05) is 86.7 Å². The first-order valence-electron chi connectivity index (χ1n) is 20.3. The number of benzene rings is 1. The molecule has 2 amide bonds. The fourth-order valence-corrected chi connectivity index (χ4v) is 9.29. The predicted molar refractivity (Wildman–Crippen MR) is 215 cm³/mol. The van der Waals surface area contributed by atoms with Gasteiger partial charge in [-0.25, -0.2) is 4.98 Å². The molecular weight excluding hydrogens is 677 g/mol. The maximum absolute atomic E-state index is 13.7. The number of piperazine rings is 1. The van der Waals surface area contributed by atoms with E-state index in [0.29, 0.717) is 17.5 Å². The highest BCUT2D eigenvalue weighted by molar-refractivity contribution is 6.08. The molecule has 4 heterocycles. The van der Waals surface area contributed by atoms with Gasteiger partial charge < -0.3 is 20.5 Å². The summed E-state index contributed by atoms with van der Waals surface area (Å²) in [5.74, 6) is 3.64. The molecule has 1 saturated heterocycles. The summed E-state index contributed by atoms with van der Waals surface area (Å²) >= 11 is 0. The highest BCUT2D eigenvalue weighted by atomic mass is 16.2. The first-order chi connectivity index (χ1) is 26.1. The van der Waals surface area contributed by atoms with Crippen molar-refractivity contribution in [1.29, 1.82) is 0 Å². The predicted octanol–water partition coefficient (Wildman–Crippen LogP) is 6.54. The van der Waals surface area contributed by atoms with Gasteiger partial charge in [0.1, 0.15) is 5.82 Å². The molecule has 11 nitrogen and oxygen atoms in total. The minimum atomic E-state index is -0.263. The topological polar surface area (TPSA) is 128 Å². The summed E-state index contributed by atoms with van der Waals surface area (Å²) < 4.78 is 1.93. The number of nitrogens with one attached hydrogen (secondary N) is 3. The number of nitrogens with zero attached hydrogens (tertiary/aromatic N) is 5. The average Bonchev–Trinajstić information content (AvgIpc) is 3.60. The van der Waals surface area contributed by atoms with Gasteiger partial charge in [0.05, 0.1) is 17.3 Å². The molecule has 11 heteroatoms. The first kappa shape index (κ1) is 37.8. The molecule has 0 radical (unpaired) electrons. The van der Waals surface area contributed by atoms with Crippen LogP contribution in [-0.4, -0.2) is 75.7 Å². The molecular formula is C43H58N8O3. The van der Waals surface area contributed by atoms with E-state index in [1.165, 1.54) is 44.9 Å². The van der Waals surface area contributed by atoms with Crippen molar-refractivity contribution in [3.8, 4) is 11.1 Å². The van der Waals surface area contributed by atoms with Crippen molar-refractivity contribution >= 4 is 28.5 Å². The highest BCUT2D eigenvalue weighted by Crippen LogP contribution is 2.43. The molecule has 7 rings (SSSR count). The molecule has 2 unspecified atom stereocenters. The number of hydrogen-bond acceptors (Lipinski definition) is 7. The van der Waals surface area contributed by atoms with E-state index in [1.54, 1.807) is 6.20 Å². The Morgan fingerprint density at radius 1 is 0.944 bits per heavy atom. The number of aromatic nitrogens is 4. The van der Waals surface area contributed by atoms with E-state index < -0.39 is 0 Å². The molecule has 2 aliphatic carbocycles. The van der Waals surface area contributed by atoms with Gasteiger partial charge in [0.2, 0.25) is 5.91 Å². The fraction of sp³-hybridized carbons (Fsp3) is 0.558. The number of pyridine rings is 2. The minimum Gasteiger partial charge on any atom is -0.356 e. The van der Waals surface area contributed by atoms with Crippen LogP contribution in [0.4, 0.5) is 5.82 Å². The van der Waals surface area contributed by atoms with Crippen molar-refractivity contribution in [3.05, 3.63) is 75.5 Å². The van der Waals surface area contributed by atoms with Crippen molar-refractivity contribution < 1.29 is 9.59 Å². The molecule has 0 spiro atoms. The smallest absolute Gasteiger partial charge is 0.253 e. The van der Waals surface area contributed by atoms with Gasteiger partial charge in [-0.15, -0.1) is 0 Å². The highest BCUT2D eigenvalue weighted by Gasteiger charge is 2.31. The third kappa shape index (κ3) is 8.88. The van der Waals surface area contributed by atoms with Gasteiger partial charge in [0.25, 0.3) is 11.5 Å². The van der Waals surface area contributed by atoms with E-state index in [4.69, 9.17) is 4.98 Å². The van der Waals surface area contributed by atoms with Crippen molar-refractivity contribution in [1.82, 2.24) is 35.3 Å². The Labute approximate surface area is 319 Å². The zero-order chi connectivity index (χ0) is 37.8. The van der Waals surface area contributed by atoms with Crippen LogP contribution < -0.4 is 21.1 Å². The van der Waals surface area contributed by atoms with Crippen LogP contribution in [0.25, 0.3) is 22.0 Å². The summed E-state index contributed by atoms with van der Waals surface area (Å²) in [4.78, 5) is 51.3. The third-order valence-electron chi connectivity index (χ3n) is 12.1. The van der Waals surface area contributed by atoms with E-state index in [2.05, 4.69) is 56.5 Å². The summed E-state index contributed by atoms with van der Waals surface area (Å²) in [6, 6.07) is 10.1. The largest absolute Gasteiger partial charge is 0.356 e. The third-order valence-corrected chi connectivity index (χ3v) is 12.1. The van der Waals surface area contributed by atoms with E-state index in [9.17, 15) is 14.4 Å².